The molecule has 0 bridgehead atoms. The minimum Gasteiger partial charge on any atom is -0.488 e. The monoisotopic (exact) mass is 392 g/mol. The number of rotatable bonds is 4. The fourth-order valence-electron chi connectivity index (χ4n) is 3.60. The minimum atomic E-state index is -0.830. The molecule has 29 heavy (non-hydrogen) atoms. The van der Waals surface area contributed by atoms with Crippen LogP contribution in [-0.4, -0.2) is 55.7 Å². The minimum absolute atomic E-state index is 0.145. The van der Waals surface area contributed by atoms with E-state index >= 15 is 0 Å². The van der Waals surface area contributed by atoms with E-state index in [9.17, 15) is 9.59 Å². The number of nitrogens with zero attached hydrogens (tertiary/aromatic N) is 2. The van der Waals surface area contributed by atoms with Gasteiger partial charge in [0, 0.05) is 37.4 Å². The van der Waals surface area contributed by atoms with E-state index in [4.69, 9.17) is 9.47 Å². The number of hydrogen-bond donors (Lipinski definition) is 0. The molecule has 1 atom stereocenters. The van der Waals surface area contributed by atoms with Crippen molar-refractivity contribution in [3.05, 3.63) is 65.7 Å². The van der Waals surface area contributed by atoms with Crippen molar-refractivity contribution >= 4 is 23.6 Å². The average Bonchev–Trinajstić information content (AvgIpc) is 2.79. The third-order valence-corrected chi connectivity index (χ3v) is 5.24. The largest absolute Gasteiger partial charge is 0.488 e. The molecule has 0 aromatic heterocycles. The summed E-state index contributed by atoms with van der Waals surface area (Å²) in [4.78, 5) is 29.2. The first-order valence-electron chi connectivity index (χ1n) is 9.84. The van der Waals surface area contributed by atoms with Crippen LogP contribution >= 0.6 is 0 Å². The molecule has 1 unspecified atom stereocenters. The van der Waals surface area contributed by atoms with E-state index in [1.165, 1.54) is 0 Å². The van der Waals surface area contributed by atoms with Gasteiger partial charge < -0.3 is 19.3 Å². The molecule has 1 saturated heterocycles. The number of fused-ring (bicyclic) bond motifs is 1. The number of amides is 1. The second-order valence-electron chi connectivity index (χ2n) is 7.19. The van der Waals surface area contributed by atoms with Gasteiger partial charge in [0.2, 0.25) is 0 Å². The predicted octanol–water partition coefficient (Wildman–Crippen LogP) is 2.74. The second-order valence-corrected chi connectivity index (χ2v) is 7.19. The lowest BCUT2D eigenvalue weighted by molar-refractivity contribution is -0.156. The first kappa shape index (κ1) is 19.1. The molecular formula is C23H24N2O4. The van der Waals surface area contributed by atoms with Crippen LogP contribution in [0.4, 0.5) is 5.69 Å². The highest BCUT2D eigenvalue weighted by atomic mass is 16.6. The Balaban J connectivity index is 1.32. The number of anilines is 1. The Morgan fingerprint density at radius 2 is 1.66 bits per heavy atom. The number of carbonyl (C=O) groups is 2. The van der Waals surface area contributed by atoms with E-state index in [2.05, 4.69) is 17.0 Å². The Morgan fingerprint density at radius 3 is 2.41 bits per heavy atom. The third kappa shape index (κ3) is 4.26. The molecule has 0 aliphatic carbocycles. The van der Waals surface area contributed by atoms with Crippen molar-refractivity contribution in [2.24, 2.45) is 0 Å². The highest BCUT2D eigenvalue weighted by molar-refractivity contribution is 5.96. The van der Waals surface area contributed by atoms with Gasteiger partial charge in [0.25, 0.3) is 5.91 Å². The van der Waals surface area contributed by atoms with E-state index < -0.39 is 12.1 Å². The van der Waals surface area contributed by atoms with Crippen molar-refractivity contribution in [2.45, 2.75) is 13.0 Å². The highest BCUT2D eigenvalue weighted by Gasteiger charge is 2.28. The fraction of sp³-hybridized carbons (Fsp3) is 0.304. The molecule has 1 fully saturated rings. The van der Waals surface area contributed by atoms with Crippen LogP contribution in [0.5, 0.6) is 5.75 Å². The second kappa shape index (κ2) is 8.39. The van der Waals surface area contributed by atoms with Crippen LogP contribution in [0.1, 0.15) is 12.5 Å². The molecule has 2 aromatic carbocycles. The quantitative estimate of drug-likeness (QED) is 0.749. The summed E-state index contributed by atoms with van der Waals surface area (Å²) >= 11 is 0. The number of esters is 1. The Hall–Kier alpha value is -3.28. The molecule has 0 N–H and O–H groups in total. The smallest absolute Gasteiger partial charge is 0.338 e. The molecule has 0 spiro atoms. The molecule has 0 saturated carbocycles. The van der Waals surface area contributed by atoms with Crippen molar-refractivity contribution in [3.63, 3.8) is 0 Å². The molecule has 4 rings (SSSR count). The van der Waals surface area contributed by atoms with E-state index in [1.807, 2.05) is 42.5 Å². The molecule has 6 nitrogen and oxygen atoms in total. The lowest BCUT2D eigenvalue weighted by Crippen LogP contribution is -2.51. The molecule has 0 radical (unpaired) electrons. The van der Waals surface area contributed by atoms with E-state index in [1.54, 1.807) is 17.9 Å². The summed E-state index contributed by atoms with van der Waals surface area (Å²) in [7, 11) is 0. The Morgan fingerprint density at radius 1 is 0.966 bits per heavy atom. The van der Waals surface area contributed by atoms with Gasteiger partial charge in [0.1, 0.15) is 12.4 Å². The van der Waals surface area contributed by atoms with Crippen LogP contribution in [-0.2, 0) is 14.3 Å². The number of hydrogen-bond acceptors (Lipinski definition) is 5. The summed E-state index contributed by atoms with van der Waals surface area (Å²) in [5, 5.41) is 0. The van der Waals surface area contributed by atoms with Gasteiger partial charge in [-0.05, 0) is 31.2 Å². The van der Waals surface area contributed by atoms with Gasteiger partial charge in [-0.15, -0.1) is 0 Å². The Kier molecular flexibility index (Phi) is 5.51. The maximum Gasteiger partial charge on any atom is 0.338 e. The number of ether oxygens (including phenoxy) is 2. The standard InChI is InChI=1S/C23H24N2O4/c1-17(29-23(27)19-15-18-7-5-6-10-21(18)28-16-19)22(26)25-13-11-24(12-14-25)20-8-3-2-4-9-20/h2-10,15,17H,11-14,16H2,1H3. The van der Waals surface area contributed by atoms with Gasteiger partial charge in [-0.25, -0.2) is 4.79 Å². The first-order chi connectivity index (χ1) is 14.1. The third-order valence-electron chi connectivity index (χ3n) is 5.24. The molecule has 2 heterocycles. The lowest BCUT2D eigenvalue weighted by atomic mass is 10.1. The molecule has 2 aromatic rings. The van der Waals surface area contributed by atoms with Gasteiger partial charge in [-0.3, -0.25) is 4.79 Å². The van der Waals surface area contributed by atoms with Crippen LogP contribution in [0.25, 0.3) is 6.08 Å². The summed E-state index contributed by atoms with van der Waals surface area (Å²) in [5.41, 5.74) is 2.41. The highest BCUT2D eigenvalue weighted by Crippen LogP contribution is 2.26. The zero-order valence-electron chi connectivity index (χ0n) is 16.4. The molecule has 2 aliphatic rings. The van der Waals surface area contributed by atoms with Crippen molar-refractivity contribution in [1.29, 1.82) is 0 Å². The SMILES string of the molecule is CC(OC(=O)C1=Cc2ccccc2OC1)C(=O)N1CCN(c2ccccc2)CC1. The molecular weight excluding hydrogens is 368 g/mol. The zero-order chi connectivity index (χ0) is 20.2. The Bertz CT molecular complexity index is 917. The number of carbonyl (C=O) groups excluding carboxylic acids is 2. The summed E-state index contributed by atoms with van der Waals surface area (Å²) in [6.45, 7) is 4.50. The average molecular weight is 392 g/mol. The van der Waals surface area contributed by atoms with Crippen LogP contribution in [0, 0.1) is 0 Å². The topological polar surface area (TPSA) is 59.1 Å². The van der Waals surface area contributed by atoms with Crippen molar-refractivity contribution in [3.8, 4) is 5.75 Å². The number of para-hydroxylation sites is 2. The van der Waals surface area contributed by atoms with Crippen molar-refractivity contribution < 1.29 is 19.1 Å². The van der Waals surface area contributed by atoms with E-state index in [0.717, 1.165) is 30.1 Å². The summed E-state index contributed by atoms with van der Waals surface area (Å²) < 4.78 is 11.0. The van der Waals surface area contributed by atoms with Gasteiger partial charge in [-0.2, -0.15) is 0 Å². The van der Waals surface area contributed by atoms with E-state index in [-0.39, 0.29) is 12.5 Å². The predicted molar refractivity (Wildman–Crippen MR) is 111 cm³/mol. The maximum atomic E-state index is 12.7. The number of benzene rings is 2. The molecule has 1 amide bonds. The van der Waals surface area contributed by atoms with Gasteiger partial charge in [0.05, 0.1) is 5.57 Å². The van der Waals surface area contributed by atoms with Gasteiger partial charge >= 0.3 is 5.97 Å². The van der Waals surface area contributed by atoms with E-state index in [0.29, 0.717) is 18.7 Å². The van der Waals surface area contributed by atoms with Gasteiger partial charge in [0.15, 0.2) is 6.10 Å². The fourth-order valence-corrected chi connectivity index (χ4v) is 3.60. The van der Waals surface area contributed by atoms with Crippen LogP contribution in [0.2, 0.25) is 0 Å². The lowest BCUT2D eigenvalue weighted by Gasteiger charge is -2.37. The van der Waals surface area contributed by atoms with Crippen molar-refractivity contribution in [1.82, 2.24) is 4.90 Å². The van der Waals surface area contributed by atoms with Crippen LogP contribution in [0.15, 0.2) is 60.2 Å². The zero-order valence-corrected chi connectivity index (χ0v) is 16.4. The van der Waals surface area contributed by atoms with Crippen molar-refractivity contribution in [2.75, 3.05) is 37.7 Å². The maximum absolute atomic E-state index is 12.7. The van der Waals surface area contributed by atoms with Gasteiger partial charge in [-0.1, -0.05) is 36.4 Å². The Labute approximate surface area is 170 Å². The first-order valence-corrected chi connectivity index (χ1v) is 9.84. The summed E-state index contributed by atoms with van der Waals surface area (Å²) in [6, 6.07) is 17.7. The number of piperazine rings is 1. The molecule has 150 valence electrons. The molecule has 6 heteroatoms. The summed E-state index contributed by atoms with van der Waals surface area (Å²) in [5.74, 6) is 0.0662. The molecule has 2 aliphatic heterocycles. The van der Waals surface area contributed by atoms with Crippen LogP contribution < -0.4 is 9.64 Å². The van der Waals surface area contributed by atoms with Crippen LogP contribution in [0.3, 0.4) is 0 Å². The summed E-state index contributed by atoms with van der Waals surface area (Å²) in [6.07, 6.45) is 0.931. The normalized spacial score (nSPS) is 16.9.